The molecule has 25 heavy (non-hydrogen) atoms. The third-order valence-electron chi connectivity index (χ3n) is 5.15. The minimum absolute atomic E-state index is 0.0668. The van der Waals surface area contributed by atoms with Gasteiger partial charge >= 0.3 is 0 Å². The van der Waals surface area contributed by atoms with Gasteiger partial charge in [-0.25, -0.2) is 0 Å². The molecule has 0 bridgehead atoms. The minimum Gasteiger partial charge on any atom is -0.479 e. The molecule has 2 aromatic carbocycles. The first-order chi connectivity index (χ1) is 11.6. The Balaban J connectivity index is 2.09. The Hall–Kier alpha value is -1.61. The summed E-state index contributed by atoms with van der Waals surface area (Å²) in [6, 6.07) is 8.73. The Kier molecular flexibility index (Phi) is 4.57. The molecular formula is C22H25BrO2. The molecule has 2 nitrogen and oxygen atoms in total. The fraction of sp³-hybridized carbons (Fsp3) is 0.409. The van der Waals surface area contributed by atoms with E-state index in [-0.39, 0.29) is 5.78 Å². The SMILES string of the molecule is Cc1c(Br)c(C)c2c(c1Cc1ccc(C(C)C)cc1)OC(C)(C)C2=O. The van der Waals surface area contributed by atoms with Crippen LogP contribution in [0.4, 0.5) is 0 Å². The summed E-state index contributed by atoms with van der Waals surface area (Å²) in [4.78, 5) is 12.8. The van der Waals surface area contributed by atoms with E-state index >= 15 is 0 Å². The highest BCUT2D eigenvalue weighted by atomic mass is 79.9. The third-order valence-corrected chi connectivity index (χ3v) is 6.34. The van der Waals surface area contributed by atoms with E-state index in [9.17, 15) is 4.79 Å². The molecule has 3 heteroatoms. The topological polar surface area (TPSA) is 26.3 Å². The molecule has 0 unspecified atom stereocenters. The van der Waals surface area contributed by atoms with Crippen molar-refractivity contribution < 1.29 is 9.53 Å². The van der Waals surface area contributed by atoms with E-state index in [1.165, 1.54) is 11.1 Å². The number of ketones is 1. The highest BCUT2D eigenvalue weighted by Gasteiger charge is 2.43. The second kappa shape index (κ2) is 6.28. The smallest absolute Gasteiger partial charge is 0.209 e. The van der Waals surface area contributed by atoms with Crippen molar-refractivity contribution in [2.45, 2.75) is 59.5 Å². The first-order valence-corrected chi connectivity index (χ1v) is 9.57. The number of hydrogen-bond donors (Lipinski definition) is 0. The molecule has 3 rings (SSSR count). The Labute approximate surface area is 158 Å². The van der Waals surface area contributed by atoms with Crippen molar-refractivity contribution in [1.29, 1.82) is 0 Å². The summed E-state index contributed by atoms with van der Waals surface area (Å²) in [6.07, 6.45) is 0.759. The molecule has 0 aliphatic carbocycles. The normalized spacial score (nSPS) is 15.4. The van der Waals surface area contributed by atoms with E-state index in [0.29, 0.717) is 5.92 Å². The van der Waals surface area contributed by atoms with Gasteiger partial charge in [-0.2, -0.15) is 0 Å². The van der Waals surface area contributed by atoms with Gasteiger partial charge in [0.1, 0.15) is 5.75 Å². The van der Waals surface area contributed by atoms with Crippen LogP contribution in [0.15, 0.2) is 28.7 Å². The number of rotatable bonds is 3. The van der Waals surface area contributed by atoms with Gasteiger partial charge in [0, 0.05) is 16.5 Å². The lowest BCUT2D eigenvalue weighted by Gasteiger charge is -2.18. The average molecular weight is 401 g/mol. The highest BCUT2D eigenvalue weighted by molar-refractivity contribution is 9.10. The van der Waals surface area contributed by atoms with Crippen molar-refractivity contribution in [3.63, 3.8) is 0 Å². The first kappa shape index (κ1) is 18.2. The lowest BCUT2D eigenvalue weighted by molar-refractivity contribution is 0.0682. The van der Waals surface area contributed by atoms with Crippen LogP contribution in [0.2, 0.25) is 0 Å². The molecular weight excluding hydrogens is 376 g/mol. The van der Waals surface area contributed by atoms with Crippen LogP contribution in [0.25, 0.3) is 0 Å². The molecule has 1 aliphatic rings. The summed E-state index contributed by atoms with van der Waals surface area (Å²) in [7, 11) is 0. The fourth-order valence-electron chi connectivity index (χ4n) is 3.44. The van der Waals surface area contributed by atoms with Crippen LogP contribution in [-0.4, -0.2) is 11.4 Å². The predicted octanol–water partition coefficient (Wildman–Crippen LogP) is 6.13. The second-order valence-electron chi connectivity index (χ2n) is 7.76. The Morgan fingerprint density at radius 3 is 2.24 bits per heavy atom. The van der Waals surface area contributed by atoms with Crippen molar-refractivity contribution in [2.24, 2.45) is 0 Å². The molecule has 0 aromatic heterocycles. The van der Waals surface area contributed by atoms with Crippen molar-refractivity contribution in [3.05, 3.63) is 62.1 Å². The Morgan fingerprint density at radius 2 is 1.68 bits per heavy atom. The molecule has 132 valence electrons. The van der Waals surface area contributed by atoms with E-state index in [0.717, 1.165) is 38.9 Å². The predicted molar refractivity (Wildman–Crippen MR) is 106 cm³/mol. The van der Waals surface area contributed by atoms with E-state index in [4.69, 9.17) is 4.74 Å². The van der Waals surface area contributed by atoms with Crippen molar-refractivity contribution in [2.75, 3.05) is 0 Å². The number of carbonyl (C=O) groups is 1. The second-order valence-corrected chi connectivity index (χ2v) is 8.55. The summed E-state index contributed by atoms with van der Waals surface area (Å²) in [6.45, 7) is 12.2. The van der Waals surface area contributed by atoms with E-state index in [1.807, 2.05) is 20.8 Å². The number of benzene rings is 2. The largest absolute Gasteiger partial charge is 0.479 e. The number of hydrogen-bond acceptors (Lipinski definition) is 2. The minimum atomic E-state index is -0.795. The van der Waals surface area contributed by atoms with E-state index in [2.05, 4.69) is 61.0 Å². The first-order valence-electron chi connectivity index (χ1n) is 8.77. The van der Waals surface area contributed by atoms with Gasteiger partial charge in [0.15, 0.2) is 5.60 Å². The molecule has 0 amide bonds. The summed E-state index contributed by atoms with van der Waals surface area (Å²) in [5.74, 6) is 1.36. The summed E-state index contributed by atoms with van der Waals surface area (Å²) >= 11 is 3.68. The number of Topliss-reactive ketones (excluding diaryl/α,β-unsaturated/α-hetero) is 1. The molecule has 0 N–H and O–H groups in total. The molecule has 0 atom stereocenters. The molecule has 0 radical (unpaired) electrons. The molecule has 0 spiro atoms. The standard InChI is InChI=1S/C22H25BrO2/c1-12(2)16-9-7-15(8-10-16)11-17-13(3)19(23)14(4)18-20(17)25-22(5,6)21(18)24/h7-10,12H,11H2,1-6H3. The summed E-state index contributed by atoms with van der Waals surface area (Å²) < 4.78 is 7.13. The zero-order chi connectivity index (χ0) is 18.5. The monoisotopic (exact) mass is 400 g/mol. The summed E-state index contributed by atoms with van der Waals surface area (Å²) in [5, 5.41) is 0. The molecule has 1 heterocycles. The molecule has 1 aliphatic heterocycles. The molecule has 0 saturated heterocycles. The highest BCUT2D eigenvalue weighted by Crippen LogP contribution is 2.45. The van der Waals surface area contributed by atoms with Gasteiger partial charge in [0.2, 0.25) is 5.78 Å². The lowest BCUT2D eigenvalue weighted by atomic mass is 9.90. The van der Waals surface area contributed by atoms with Gasteiger partial charge < -0.3 is 4.74 Å². The average Bonchev–Trinajstić information content (AvgIpc) is 2.80. The maximum Gasteiger partial charge on any atom is 0.209 e. The number of ether oxygens (including phenoxy) is 1. The maximum absolute atomic E-state index is 12.8. The van der Waals surface area contributed by atoms with Crippen LogP contribution in [0.1, 0.15) is 71.8 Å². The van der Waals surface area contributed by atoms with Gasteiger partial charge in [0.05, 0.1) is 5.56 Å². The van der Waals surface area contributed by atoms with Gasteiger partial charge in [-0.15, -0.1) is 0 Å². The molecule has 2 aromatic rings. The van der Waals surface area contributed by atoms with Crippen LogP contribution < -0.4 is 4.74 Å². The number of carbonyl (C=O) groups excluding carboxylic acids is 1. The van der Waals surface area contributed by atoms with Crippen molar-refractivity contribution >= 4 is 21.7 Å². The number of halogens is 1. The van der Waals surface area contributed by atoms with E-state index < -0.39 is 5.60 Å². The van der Waals surface area contributed by atoms with Crippen molar-refractivity contribution in [3.8, 4) is 5.75 Å². The molecule has 0 saturated carbocycles. The van der Waals surface area contributed by atoms with Crippen LogP contribution in [0.3, 0.4) is 0 Å². The molecule has 0 fully saturated rings. The zero-order valence-corrected chi connectivity index (χ0v) is 17.4. The quantitative estimate of drug-likeness (QED) is 0.618. The fourth-order valence-corrected chi connectivity index (χ4v) is 3.88. The Bertz CT molecular complexity index is 846. The summed E-state index contributed by atoms with van der Waals surface area (Å²) in [5.41, 5.74) is 5.72. The van der Waals surface area contributed by atoms with Gasteiger partial charge in [0.25, 0.3) is 0 Å². The Morgan fingerprint density at radius 1 is 1.08 bits per heavy atom. The lowest BCUT2D eigenvalue weighted by Crippen LogP contribution is -2.32. The van der Waals surface area contributed by atoms with Crippen LogP contribution in [0.5, 0.6) is 5.75 Å². The van der Waals surface area contributed by atoms with Gasteiger partial charge in [-0.1, -0.05) is 54.0 Å². The van der Waals surface area contributed by atoms with Crippen LogP contribution in [-0.2, 0) is 6.42 Å². The third kappa shape index (κ3) is 3.03. The van der Waals surface area contributed by atoms with Crippen LogP contribution in [0, 0.1) is 13.8 Å². The number of fused-ring (bicyclic) bond motifs is 1. The zero-order valence-electron chi connectivity index (χ0n) is 15.8. The van der Waals surface area contributed by atoms with Gasteiger partial charge in [-0.05, 0) is 55.9 Å². The van der Waals surface area contributed by atoms with Crippen molar-refractivity contribution in [1.82, 2.24) is 0 Å². The van der Waals surface area contributed by atoms with Crippen LogP contribution >= 0.6 is 15.9 Å². The van der Waals surface area contributed by atoms with Gasteiger partial charge in [-0.3, -0.25) is 4.79 Å². The maximum atomic E-state index is 12.8. The van der Waals surface area contributed by atoms with E-state index in [1.54, 1.807) is 0 Å².